The summed E-state index contributed by atoms with van der Waals surface area (Å²) in [5, 5.41) is 9.04. The highest BCUT2D eigenvalue weighted by Gasteiger charge is 2.34. The normalized spacial score (nSPS) is 16.5. The van der Waals surface area contributed by atoms with Crippen LogP contribution < -0.4 is 4.90 Å². The minimum absolute atomic E-state index is 0.0948. The van der Waals surface area contributed by atoms with Crippen molar-refractivity contribution in [3.63, 3.8) is 0 Å². The van der Waals surface area contributed by atoms with Crippen molar-refractivity contribution >= 4 is 23.5 Å². The fraction of sp³-hybridized carbons (Fsp3) is 0.455. The Kier molecular flexibility index (Phi) is 3.88. The van der Waals surface area contributed by atoms with Crippen molar-refractivity contribution in [2.24, 2.45) is 0 Å². The van der Waals surface area contributed by atoms with Gasteiger partial charge in [0.2, 0.25) is 0 Å². The summed E-state index contributed by atoms with van der Waals surface area (Å²) >= 11 is 1.68. The topological polar surface area (TPSA) is 53.4 Å². The van der Waals surface area contributed by atoms with E-state index in [4.69, 9.17) is 5.11 Å². The molecule has 104 valence electrons. The van der Waals surface area contributed by atoms with Crippen LogP contribution in [0.3, 0.4) is 0 Å². The highest BCUT2D eigenvalue weighted by atomic mass is 32.2. The van der Waals surface area contributed by atoms with Crippen LogP contribution in [0.25, 0.3) is 0 Å². The van der Waals surface area contributed by atoms with Crippen LogP contribution in [0.15, 0.2) is 12.1 Å². The molecule has 1 N–H and O–H groups in total. The van der Waals surface area contributed by atoms with Crippen LogP contribution in [0.1, 0.15) is 16.1 Å². The summed E-state index contributed by atoms with van der Waals surface area (Å²) in [6.07, 6.45) is -4.57. The van der Waals surface area contributed by atoms with E-state index in [1.807, 2.05) is 0 Å². The number of alkyl halides is 3. The van der Waals surface area contributed by atoms with E-state index in [9.17, 15) is 18.0 Å². The number of anilines is 1. The zero-order valence-corrected chi connectivity index (χ0v) is 10.6. The molecular formula is C11H11F3N2O2S. The summed E-state index contributed by atoms with van der Waals surface area (Å²) in [7, 11) is 0. The Hall–Kier alpha value is -1.44. The summed E-state index contributed by atoms with van der Waals surface area (Å²) < 4.78 is 37.9. The van der Waals surface area contributed by atoms with Gasteiger partial charge in [-0.25, -0.2) is 9.78 Å². The van der Waals surface area contributed by atoms with Gasteiger partial charge < -0.3 is 10.0 Å². The summed E-state index contributed by atoms with van der Waals surface area (Å²) in [4.78, 5) is 16.2. The molecule has 0 spiro atoms. The van der Waals surface area contributed by atoms with Crippen LogP contribution >= 0.6 is 11.8 Å². The summed E-state index contributed by atoms with van der Waals surface area (Å²) in [6, 6.07) is 1.67. The average Bonchev–Trinajstić information content (AvgIpc) is 2.38. The van der Waals surface area contributed by atoms with Gasteiger partial charge in [-0.15, -0.1) is 0 Å². The van der Waals surface area contributed by atoms with Gasteiger partial charge in [-0.2, -0.15) is 24.9 Å². The Bertz CT molecular complexity index is 487. The number of hydrogen-bond donors (Lipinski definition) is 1. The van der Waals surface area contributed by atoms with Gasteiger partial charge in [0.25, 0.3) is 0 Å². The van der Waals surface area contributed by atoms with Gasteiger partial charge in [0, 0.05) is 24.6 Å². The molecule has 1 aromatic heterocycles. The Labute approximate surface area is 111 Å². The molecule has 0 unspecified atom stereocenters. The molecule has 0 aromatic carbocycles. The van der Waals surface area contributed by atoms with Gasteiger partial charge in [-0.3, -0.25) is 0 Å². The molecule has 1 aliphatic rings. The molecule has 0 aliphatic carbocycles. The Morgan fingerprint density at radius 2 is 1.95 bits per heavy atom. The predicted molar refractivity (Wildman–Crippen MR) is 65.7 cm³/mol. The van der Waals surface area contributed by atoms with Crippen LogP contribution in [0, 0.1) is 0 Å². The summed E-state index contributed by atoms with van der Waals surface area (Å²) in [5.41, 5.74) is -1.26. The van der Waals surface area contributed by atoms with Gasteiger partial charge in [0.1, 0.15) is 17.1 Å². The molecule has 2 rings (SSSR count). The smallest absolute Gasteiger partial charge is 0.433 e. The van der Waals surface area contributed by atoms with Crippen LogP contribution in [0.2, 0.25) is 0 Å². The largest absolute Gasteiger partial charge is 0.478 e. The van der Waals surface area contributed by atoms with Gasteiger partial charge >= 0.3 is 12.1 Å². The molecule has 4 nitrogen and oxygen atoms in total. The third-order valence-electron chi connectivity index (χ3n) is 2.71. The maximum Gasteiger partial charge on any atom is 0.433 e. The van der Waals surface area contributed by atoms with Gasteiger partial charge in [0.05, 0.1) is 0 Å². The van der Waals surface area contributed by atoms with Crippen molar-refractivity contribution in [3.05, 3.63) is 23.4 Å². The lowest BCUT2D eigenvalue weighted by Gasteiger charge is -2.28. The van der Waals surface area contributed by atoms with Crippen molar-refractivity contribution < 1.29 is 23.1 Å². The Morgan fingerprint density at radius 3 is 2.47 bits per heavy atom. The molecule has 1 aromatic rings. The first-order chi connectivity index (χ1) is 8.89. The van der Waals surface area contributed by atoms with Gasteiger partial charge in [-0.05, 0) is 12.1 Å². The number of rotatable bonds is 2. The number of carboxylic acid groups (broad SMARTS) is 1. The van der Waals surface area contributed by atoms with Gasteiger partial charge in [0.15, 0.2) is 0 Å². The highest BCUT2D eigenvalue weighted by Crippen LogP contribution is 2.31. The van der Waals surface area contributed by atoms with E-state index in [1.165, 1.54) is 0 Å². The SMILES string of the molecule is O=C(O)c1ccc(C(F)(F)F)nc1N1CCSCC1. The maximum atomic E-state index is 12.6. The second kappa shape index (κ2) is 5.28. The number of hydrogen-bond acceptors (Lipinski definition) is 4. The van der Waals surface area contributed by atoms with Crippen molar-refractivity contribution in [1.29, 1.82) is 0 Å². The highest BCUT2D eigenvalue weighted by molar-refractivity contribution is 7.99. The first-order valence-electron chi connectivity index (χ1n) is 5.54. The standard InChI is InChI=1S/C11H11F3N2O2S/c12-11(13,14)8-2-1-7(10(17)18)9(15-8)16-3-5-19-6-4-16/h1-2H,3-6H2,(H,17,18). The minimum atomic E-state index is -4.57. The van der Waals surface area contributed by atoms with E-state index in [0.29, 0.717) is 19.2 Å². The lowest BCUT2D eigenvalue weighted by Crippen LogP contribution is -2.34. The van der Waals surface area contributed by atoms with Crippen LogP contribution in [-0.4, -0.2) is 40.7 Å². The molecule has 19 heavy (non-hydrogen) atoms. The zero-order valence-electron chi connectivity index (χ0n) is 9.78. The molecule has 1 fully saturated rings. The van der Waals surface area contributed by atoms with Crippen molar-refractivity contribution in [2.75, 3.05) is 29.5 Å². The number of aromatic nitrogens is 1. The number of nitrogens with zero attached hydrogens (tertiary/aromatic N) is 2. The quantitative estimate of drug-likeness (QED) is 0.907. The van der Waals surface area contributed by atoms with E-state index >= 15 is 0 Å². The fourth-order valence-electron chi connectivity index (χ4n) is 1.79. The molecule has 1 saturated heterocycles. The lowest BCUT2D eigenvalue weighted by molar-refractivity contribution is -0.141. The zero-order chi connectivity index (χ0) is 14.0. The maximum absolute atomic E-state index is 12.6. The van der Waals surface area contributed by atoms with E-state index in [1.54, 1.807) is 16.7 Å². The average molecular weight is 292 g/mol. The molecule has 0 bridgehead atoms. The third kappa shape index (κ3) is 3.12. The third-order valence-corrected chi connectivity index (χ3v) is 3.65. The molecule has 0 atom stereocenters. The lowest BCUT2D eigenvalue weighted by atomic mass is 10.2. The number of pyridine rings is 1. The van der Waals surface area contributed by atoms with Crippen molar-refractivity contribution in [1.82, 2.24) is 4.98 Å². The van der Waals surface area contributed by atoms with Gasteiger partial charge in [-0.1, -0.05) is 0 Å². The number of carboxylic acids is 1. The van der Waals surface area contributed by atoms with E-state index in [2.05, 4.69) is 4.98 Å². The van der Waals surface area contributed by atoms with Crippen LogP contribution in [-0.2, 0) is 6.18 Å². The fourth-order valence-corrected chi connectivity index (χ4v) is 2.69. The van der Waals surface area contributed by atoms with Crippen molar-refractivity contribution in [3.8, 4) is 0 Å². The molecule has 0 amide bonds. The Balaban J connectivity index is 2.44. The summed E-state index contributed by atoms with van der Waals surface area (Å²) in [5.74, 6) is 0.130. The number of aromatic carboxylic acids is 1. The Morgan fingerprint density at radius 1 is 1.32 bits per heavy atom. The molecular weight excluding hydrogens is 281 g/mol. The molecule has 0 radical (unpaired) electrons. The van der Waals surface area contributed by atoms with E-state index in [-0.39, 0.29) is 11.4 Å². The second-order valence-electron chi connectivity index (χ2n) is 3.97. The van der Waals surface area contributed by atoms with Crippen LogP contribution in [0.5, 0.6) is 0 Å². The monoisotopic (exact) mass is 292 g/mol. The minimum Gasteiger partial charge on any atom is -0.478 e. The molecule has 8 heteroatoms. The first-order valence-corrected chi connectivity index (χ1v) is 6.69. The second-order valence-corrected chi connectivity index (χ2v) is 5.19. The first kappa shape index (κ1) is 14.0. The number of carbonyl (C=O) groups is 1. The molecule has 0 saturated carbocycles. The number of halogens is 3. The predicted octanol–water partition coefficient (Wildman–Crippen LogP) is 2.35. The van der Waals surface area contributed by atoms with Crippen LogP contribution in [0.4, 0.5) is 19.0 Å². The summed E-state index contributed by atoms with van der Waals surface area (Å²) in [6.45, 7) is 0.999. The molecule has 2 heterocycles. The van der Waals surface area contributed by atoms with Crippen molar-refractivity contribution in [2.45, 2.75) is 6.18 Å². The molecule has 1 aliphatic heterocycles. The van der Waals surface area contributed by atoms with E-state index in [0.717, 1.165) is 17.6 Å². The number of thioether (sulfide) groups is 1. The van der Waals surface area contributed by atoms with E-state index < -0.39 is 17.8 Å².